The van der Waals surface area contributed by atoms with Crippen LogP contribution in [0.25, 0.3) is 16.9 Å². The van der Waals surface area contributed by atoms with Crippen molar-refractivity contribution >= 4 is 22.8 Å². The number of rotatable bonds is 4. The van der Waals surface area contributed by atoms with E-state index in [0.29, 0.717) is 11.8 Å². The lowest BCUT2D eigenvalue weighted by Gasteiger charge is -2.36. The number of aryl methyl sites for hydroxylation is 1. The van der Waals surface area contributed by atoms with Gasteiger partial charge in [0.25, 0.3) is 0 Å². The normalized spacial score (nSPS) is 14.3. The van der Waals surface area contributed by atoms with Gasteiger partial charge in [0.05, 0.1) is 12.8 Å². The molecule has 0 aliphatic carbocycles. The molecule has 0 atom stereocenters. The van der Waals surface area contributed by atoms with Gasteiger partial charge in [-0.1, -0.05) is 0 Å². The first-order valence-electron chi connectivity index (χ1n) is 10.1. The molecule has 0 amide bonds. The number of aromatic nitrogens is 5. The molecule has 3 aromatic heterocycles. The van der Waals surface area contributed by atoms with Gasteiger partial charge in [0, 0.05) is 38.1 Å². The molecule has 1 N–H and O–H groups in total. The number of phenols is 1. The van der Waals surface area contributed by atoms with E-state index in [0.717, 1.165) is 54.4 Å². The molecule has 4 aromatic rings. The highest BCUT2D eigenvalue weighted by molar-refractivity contribution is 5.77. The average Bonchev–Trinajstić information content (AvgIpc) is 3.24. The summed E-state index contributed by atoms with van der Waals surface area (Å²) in [7, 11) is 1.60. The molecule has 1 saturated heterocycles. The maximum atomic E-state index is 9.52. The van der Waals surface area contributed by atoms with Crippen LogP contribution in [0, 0.1) is 6.92 Å². The van der Waals surface area contributed by atoms with Gasteiger partial charge in [-0.05, 0) is 43.3 Å². The second-order valence-corrected chi connectivity index (χ2v) is 7.42. The Morgan fingerprint density at radius 1 is 0.935 bits per heavy atom. The van der Waals surface area contributed by atoms with Crippen molar-refractivity contribution in [3.8, 4) is 17.3 Å². The number of aromatic hydroxyl groups is 1. The smallest absolute Gasteiger partial charge is 0.238 e. The van der Waals surface area contributed by atoms with Crippen molar-refractivity contribution in [2.24, 2.45) is 0 Å². The zero-order chi connectivity index (χ0) is 21.4. The molecular weight excluding hydrogens is 394 g/mol. The molecule has 31 heavy (non-hydrogen) atoms. The first-order valence-corrected chi connectivity index (χ1v) is 10.1. The fourth-order valence-electron chi connectivity index (χ4n) is 3.90. The number of piperazine rings is 1. The summed E-state index contributed by atoms with van der Waals surface area (Å²) in [6.45, 7) is 5.26. The largest absolute Gasteiger partial charge is 0.508 e. The van der Waals surface area contributed by atoms with Crippen LogP contribution in [0.15, 0.2) is 48.9 Å². The number of benzene rings is 1. The van der Waals surface area contributed by atoms with Gasteiger partial charge in [0.1, 0.15) is 23.3 Å². The molecule has 0 spiro atoms. The van der Waals surface area contributed by atoms with Crippen molar-refractivity contribution in [3.05, 3.63) is 54.6 Å². The second kappa shape index (κ2) is 7.75. The van der Waals surface area contributed by atoms with Crippen LogP contribution in [-0.4, -0.2) is 62.9 Å². The molecular formula is C22H23N7O2. The van der Waals surface area contributed by atoms with Crippen LogP contribution in [0.3, 0.4) is 0 Å². The summed E-state index contributed by atoms with van der Waals surface area (Å²) in [4.78, 5) is 22.9. The van der Waals surface area contributed by atoms with Crippen LogP contribution in [-0.2, 0) is 0 Å². The van der Waals surface area contributed by atoms with Crippen molar-refractivity contribution in [2.75, 3.05) is 43.1 Å². The molecule has 158 valence electrons. The van der Waals surface area contributed by atoms with Crippen molar-refractivity contribution in [3.63, 3.8) is 0 Å². The monoisotopic (exact) mass is 417 g/mol. The van der Waals surface area contributed by atoms with Crippen molar-refractivity contribution < 1.29 is 9.84 Å². The predicted molar refractivity (Wildman–Crippen MR) is 118 cm³/mol. The van der Waals surface area contributed by atoms with Gasteiger partial charge in [-0.3, -0.25) is 4.57 Å². The Hall–Kier alpha value is -3.88. The van der Waals surface area contributed by atoms with E-state index in [1.807, 2.05) is 35.8 Å². The number of fused-ring (bicyclic) bond motifs is 1. The Morgan fingerprint density at radius 2 is 1.68 bits per heavy atom. The van der Waals surface area contributed by atoms with E-state index >= 15 is 0 Å². The second-order valence-electron chi connectivity index (χ2n) is 7.42. The van der Waals surface area contributed by atoms with E-state index in [2.05, 4.69) is 19.8 Å². The van der Waals surface area contributed by atoms with Crippen LogP contribution in [0.5, 0.6) is 11.6 Å². The average molecular weight is 417 g/mol. The van der Waals surface area contributed by atoms with Gasteiger partial charge in [-0.25, -0.2) is 15.0 Å². The van der Waals surface area contributed by atoms with Gasteiger partial charge < -0.3 is 19.6 Å². The van der Waals surface area contributed by atoms with Crippen molar-refractivity contribution in [1.29, 1.82) is 0 Å². The number of hydrogen-bond donors (Lipinski definition) is 1. The summed E-state index contributed by atoms with van der Waals surface area (Å²) in [6.07, 6.45) is 3.43. The SMILES string of the molecule is COc1ncccc1-n1cnc2c(C)nc(N3CCN(c4ccc(O)cc4)CC3)nc21. The quantitative estimate of drug-likeness (QED) is 0.542. The molecule has 0 saturated carbocycles. The standard InChI is InChI=1S/C22H23N7O2/c1-15-19-20(29(14-24-19)18-4-3-9-23-21(18)31-2)26-22(25-15)28-12-10-27(11-13-28)16-5-7-17(30)8-6-16/h3-9,14,30H,10-13H2,1-2H3. The Kier molecular flexibility index (Phi) is 4.78. The van der Waals surface area contributed by atoms with Gasteiger partial charge in [0.2, 0.25) is 11.8 Å². The molecule has 9 nitrogen and oxygen atoms in total. The molecule has 1 aromatic carbocycles. The minimum atomic E-state index is 0.279. The van der Waals surface area contributed by atoms with Crippen LogP contribution >= 0.6 is 0 Å². The number of nitrogens with zero attached hydrogens (tertiary/aromatic N) is 7. The summed E-state index contributed by atoms with van der Waals surface area (Å²) in [5.41, 5.74) is 4.22. The molecule has 4 heterocycles. The number of hydrogen-bond acceptors (Lipinski definition) is 8. The van der Waals surface area contributed by atoms with Gasteiger partial charge >= 0.3 is 0 Å². The summed E-state index contributed by atoms with van der Waals surface area (Å²) in [6, 6.07) is 11.1. The summed E-state index contributed by atoms with van der Waals surface area (Å²) < 4.78 is 7.32. The highest BCUT2D eigenvalue weighted by atomic mass is 16.5. The van der Waals surface area contributed by atoms with Gasteiger partial charge in [0.15, 0.2) is 5.65 Å². The summed E-state index contributed by atoms with van der Waals surface area (Å²) in [5.74, 6) is 1.49. The molecule has 1 aliphatic rings. The highest BCUT2D eigenvalue weighted by Gasteiger charge is 2.22. The Bertz CT molecular complexity index is 1210. The first kappa shape index (κ1) is 19.1. The molecule has 1 aliphatic heterocycles. The molecule has 1 fully saturated rings. The number of anilines is 2. The third kappa shape index (κ3) is 3.48. The van der Waals surface area contributed by atoms with Crippen LogP contribution < -0.4 is 14.5 Å². The van der Waals surface area contributed by atoms with E-state index < -0.39 is 0 Å². The molecule has 0 unspecified atom stereocenters. The van der Waals surface area contributed by atoms with E-state index in [4.69, 9.17) is 14.7 Å². The number of methoxy groups -OCH3 is 1. The lowest BCUT2D eigenvalue weighted by atomic mass is 10.2. The summed E-state index contributed by atoms with van der Waals surface area (Å²) in [5, 5.41) is 9.52. The van der Waals surface area contributed by atoms with Crippen LogP contribution in [0.2, 0.25) is 0 Å². The first-order chi connectivity index (χ1) is 15.1. The lowest BCUT2D eigenvalue weighted by Crippen LogP contribution is -2.47. The fourth-order valence-corrected chi connectivity index (χ4v) is 3.90. The number of ether oxygens (including phenoxy) is 1. The Balaban J connectivity index is 1.44. The van der Waals surface area contributed by atoms with E-state index in [1.165, 1.54) is 0 Å². The molecule has 0 bridgehead atoms. The Labute approximate surface area is 179 Å². The maximum Gasteiger partial charge on any atom is 0.238 e. The molecule has 5 rings (SSSR count). The minimum Gasteiger partial charge on any atom is -0.508 e. The summed E-state index contributed by atoms with van der Waals surface area (Å²) >= 11 is 0. The number of phenolic OH excluding ortho intramolecular Hbond substituents is 1. The Morgan fingerprint density at radius 3 is 2.42 bits per heavy atom. The van der Waals surface area contributed by atoms with Gasteiger partial charge in [-0.2, -0.15) is 4.98 Å². The molecule has 9 heteroatoms. The minimum absolute atomic E-state index is 0.279. The number of imidazole rings is 1. The van der Waals surface area contributed by atoms with Crippen LogP contribution in [0.4, 0.5) is 11.6 Å². The van der Waals surface area contributed by atoms with E-state index in [9.17, 15) is 5.11 Å². The maximum absolute atomic E-state index is 9.52. The zero-order valence-corrected chi connectivity index (χ0v) is 17.4. The topological polar surface area (TPSA) is 92.4 Å². The lowest BCUT2D eigenvalue weighted by molar-refractivity contribution is 0.396. The zero-order valence-electron chi connectivity index (χ0n) is 17.4. The highest BCUT2D eigenvalue weighted by Crippen LogP contribution is 2.26. The fraction of sp³-hybridized carbons (Fsp3) is 0.273. The third-order valence-corrected chi connectivity index (χ3v) is 5.54. The third-order valence-electron chi connectivity index (χ3n) is 5.54. The van der Waals surface area contributed by atoms with Gasteiger partial charge in [-0.15, -0.1) is 0 Å². The van der Waals surface area contributed by atoms with E-state index in [1.54, 1.807) is 31.8 Å². The van der Waals surface area contributed by atoms with E-state index in [-0.39, 0.29) is 5.75 Å². The predicted octanol–water partition coefficient (Wildman–Crippen LogP) is 2.56. The molecule has 0 radical (unpaired) electrons. The number of pyridine rings is 1. The van der Waals surface area contributed by atoms with Crippen LogP contribution in [0.1, 0.15) is 5.69 Å². The van der Waals surface area contributed by atoms with Crippen molar-refractivity contribution in [1.82, 2.24) is 24.5 Å². The van der Waals surface area contributed by atoms with Crippen molar-refractivity contribution in [2.45, 2.75) is 6.92 Å².